The first-order chi connectivity index (χ1) is 16.5. The van der Waals surface area contributed by atoms with Gasteiger partial charge in [-0.3, -0.25) is 14.2 Å². The number of hydrogen-bond acceptors (Lipinski definition) is 8. The van der Waals surface area contributed by atoms with E-state index < -0.39 is 0 Å². The number of fused-ring (bicyclic) bond motifs is 1. The number of carbonyl (C=O) groups is 1. The van der Waals surface area contributed by atoms with E-state index in [1.54, 1.807) is 29.5 Å². The number of esters is 1. The molecule has 9 nitrogen and oxygen atoms in total. The number of benzene rings is 1. The summed E-state index contributed by atoms with van der Waals surface area (Å²) in [7, 11) is 1.58. The van der Waals surface area contributed by atoms with Crippen LogP contribution < -0.4 is 10.2 Å². The van der Waals surface area contributed by atoms with E-state index in [1.807, 2.05) is 42.6 Å². The molecule has 0 saturated carbocycles. The molecule has 0 aliphatic rings. The van der Waals surface area contributed by atoms with E-state index in [0.717, 1.165) is 27.0 Å². The molecule has 1 unspecified atom stereocenters. The number of rotatable bonds is 10. The fourth-order valence-corrected chi connectivity index (χ4v) is 4.58. The van der Waals surface area contributed by atoms with Crippen molar-refractivity contribution in [2.75, 3.05) is 20.3 Å². The monoisotopic (exact) mass is 481 g/mol. The number of hydrogen-bond donors (Lipinski definition) is 1. The summed E-state index contributed by atoms with van der Waals surface area (Å²) in [5.41, 5.74) is 3.82. The van der Waals surface area contributed by atoms with Crippen LogP contribution in [0.15, 0.2) is 53.6 Å². The van der Waals surface area contributed by atoms with Gasteiger partial charge in [-0.05, 0) is 42.3 Å². The number of nitrogens with one attached hydrogen (secondary N) is 1. The summed E-state index contributed by atoms with van der Waals surface area (Å²) >= 11 is 1.22. The van der Waals surface area contributed by atoms with Crippen molar-refractivity contribution in [1.29, 1.82) is 0 Å². The van der Waals surface area contributed by atoms with Gasteiger partial charge in [0.1, 0.15) is 6.73 Å². The molecule has 3 heterocycles. The largest absolute Gasteiger partial charge is 0.465 e. The highest BCUT2D eigenvalue weighted by molar-refractivity contribution is 7.16. The van der Waals surface area contributed by atoms with Gasteiger partial charge in [-0.2, -0.15) is 5.10 Å². The lowest BCUT2D eigenvalue weighted by atomic mass is 9.98. The maximum atomic E-state index is 12.2. The third-order valence-electron chi connectivity index (χ3n) is 5.45. The maximum Gasteiger partial charge on any atom is 0.319 e. The lowest BCUT2D eigenvalue weighted by Gasteiger charge is -2.10. The van der Waals surface area contributed by atoms with Gasteiger partial charge < -0.3 is 14.8 Å². The SMILES string of the molecule is CCOC(=O)CNCc1ccc(-n2ccc(C(C)c3ccc4c(c3)sc(=O)n4COC)n2)nc1. The third kappa shape index (κ3) is 5.24. The molecule has 1 aromatic carbocycles. The molecule has 0 radical (unpaired) electrons. The Morgan fingerprint density at radius 1 is 1.24 bits per heavy atom. The predicted molar refractivity (Wildman–Crippen MR) is 130 cm³/mol. The van der Waals surface area contributed by atoms with Crippen molar-refractivity contribution in [2.45, 2.75) is 33.0 Å². The summed E-state index contributed by atoms with van der Waals surface area (Å²) in [6.07, 6.45) is 3.65. The molecule has 4 rings (SSSR count). The standard InChI is InChI=1S/C24H27N5O4S/c1-4-33-23(30)14-25-12-17-5-8-22(26-13-17)29-10-9-19(27-29)16(2)18-6-7-20-21(11-18)34-24(31)28(20)15-32-3/h5-11,13,16,25H,4,12,14-15H2,1-3H3. The molecule has 0 aliphatic carbocycles. The summed E-state index contributed by atoms with van der Waals surface area (Å²) < 4.78 is 14.3. The zero-order chi connectivity index (χ0) is 24.1. The minimum atomic E-state index is -0.272. The highest BCUT2D eigenvalue weighted by Crippen LogP contribution is 2.27. The van der Waals surface area contributed by atoms with E-state index in [0.29, 0.717) is 19.0 Å². The van der Waals surface area contributed by atoms with Gasteiger partial charge in [0, 0.05) is 32.0 Å². The number of ether oxygens (including phenoxy) is 2. The predicted octanol–water partition coefficient (Wildman–Crippen LogP) is 3.05. The number of aromatic nitrogens is 4. The fraction of sp³-hybridized carbons (Fsp3) is 0.333. The van der Waals surface area contributed by atoms with E-state index in [1.165, 1.54) is 11.3 Å². The Kier molecular flexibility index (Phi) is 7.51. The molecule has 34 heavy (non-hydrogen) atoms. The van der Waals surface area contributed by atoms with Crippen LogP contribution >= 0.6 is 11.3 Å². The topological polar surface area (TPSA) is 100 Å². The minimum absolute atomic E-state index is 0.0310. The molecule has 0 saturated heterocycles. The Morgan fingerprint density at radius 3 is 2.82 bits per heavy atom. The molecule has 1 N–H and O–H groups in total. The van der Waals surface area contributed by atoms with Gasteiger partial charge in [-0.1, -0.05) is 30.4 Å². The van der Waals surface area contributed by atoms with Crippen LogP contribution in [-0.4, -0.2) is 45.6 Å². The molecule has 0 fully saturated rings. The number of thiazole rings is 1. The van der Waals surface area contributed by atoms with Crippen LogP contribution in [0.1, 0.15) is 36.6 Å². The Hall–Kier alpha value is -3.34. The van der Waals surface area contributed by atoms with Crippen molar-refractivity contribution >= 4 is 27.5 Å². The second-order valence-corrected chi connectivity index (χ2v) is 8.77. The minimum Gasteiger partial charge on any atom is -0.465 e. The number of carbonyl (C=O) groups excluding carboxylic acids is 1. The summed E-state index contributed by atoms with van der Waals surface area (Å²) in [6.45, 7) is 5.18. The fourth-order valence-electron chi connectivity index (χ4n) is 3.65. The van der Waals surface area contributed by atoms with Gasteiger partial charge >= 0.3 is 10.8 Å². The van der Waals surface area contributed by atoms with E-state index in [9.17, 15) is 9.59 Å². The molecule has 1 atom stereocenters. The molecule has 4 aromatic rings. The molecule has 0 aliphatic heterocycles. The Balaban J connectivity index is 1.44. The van der Waals surface area contributed by atoms with E-state index >= 15 is 0 Å². The highest BCUT2D eigenvalue weighted by Gasteiger charge is 2.15. The molecule has 0 bridgehead atoms. The maximum absolute atomic E-state index is 12.2. The van der Waals surface area contributed by atoms with Crippen LogP contribution in [0.25, 0.3) is 16.0 Å². The summed E-state index contributed by atoms with van der Waals surface area (Å²) in [4.78, 5) is 28.1. The molecular weight excluding hydrogens is 454 g/mol. The average Bonchev–Trinajstić information content (AvgIpc) is 3.44. The molecule has 0 amide bonds. The van der Waals surface area contributed by atoms with Crippen LogP contribution in [0.5, 0.6) is 0 Å². The number of methoxy groups -OCH3 is 1. The van der Waals surface area contributed by atoms with Crippen molar-refractivity contribution in [1.82, 2.24) is 24.6 Å². The van der Waals surface area contributed by atoms with Crippen molar-refractivity contribution in [3.05, 3.63) is 75.3 Å². The quantitative estimate of drug-likeness (QED) is 0.348. The van der Waals surface area contributed by atoms with Crippen molar-refractivity contribution in [3.63, 3.8) is 0 Å². The molecular formula is C24H27N5O4S. The first kappa shape index (κ1) is 23.8. The van der Waals surface area contributed by atoms with Crippen molar-refractivity contribution in [2.24, 2.45) is 0 Å². The van der Waals surface area contributed by atoms with Crippen LogP contribution in [0.4, 0.5) is 0 Å². The Morgan fingerprint density at radius 2 is 2.09 bits per heavy atom. The second-order valence-electron chi connectivity index (χ2n) is 7.78. The van der Waals surface area contributed by atoms with Crippen LogP contribution in [-0.2, 0) is 27.5 Å². The lowest BCUT2D eigenvalue weighted by molar-refractivity contribution is -0.142. The Labute approximate surface area is 201 Å². The molecule has 10 heteroatoms. The summed E-state index contributed by atoms with van der Waals surface area (Å²) in [6, 6.07) is 11.9. The molecule has 0 spiro atoms. The lowest BCUT2D eigenvalue weighted by Crippen LogP contribution is -2.24. The van der Waals surface area contributed by atoms with Gasteiger partial charge in [0.15, 0.2) is 5.82 Å². The van der Waals surface area contributed by atoms with E-state index in [2.05, 4.69) is 17.2 Å². The van der Waals surface area contributed by atoms with E-state index in [4.69, 9.17) is 14.6 Å². The van der Waals surface area contributed by atoms with Crippen LogP contribution in [0.2, 0.25) is 0 Å². The normalized spacial score (nSPS) is 12.2. The van der Waals surface area contributed by atoms with Gasteiger partial charge in [0.05, 0.1) is 29.1 Å². The molecule has 3 aromatic heterocycles. The van der Waals surface area contributed by atoms with Gasteiger partial charge in [0.2, 0.25) is 0 Å². The molecule has 178 valence electrons. The number of pyridine rings is 1. The first-order valence-corrected chi connectivity index (χ1v) is 11.8. The van der Waals surface area contributed by atoms with Crippen molar-refractivity contribution in [3.8, 4) is 5.82 Å². The Bertz CT molecular complexity index is 1330. The number of nitrogens with zero attached hydrogens (tertiary/aromatic N) is 4. The average molecular weight is 482 g/mol. The zero-order valence-corrected chi connectivity index (χ0v) is 20.2. The van der Waals surface area contributed by atoms with Crippen LogP contribution in [0.3, 0.4) is 0 Å². The van der Waals surface area contributed by atoms with Gasteiger partial charge in [-0.15, -0.1) is 0 Å². The van der Waals surface area contributed by atoms with E-state index in [-0.39, 0.29) is 30.0 Å². The van der Waals surface area contributed by atoms with Crippen LogP contribution in [0, 0.1) is 0 Å². The summed E-state index contributed by atoms with van der Waals surface area (Å²) in [5, 5.41) is 7.76. The van der Waals surface area contributed by atoms with Gasteiger partial charge in [-0.25, -0.2) is 9.67 Å². The van der Waals surface area contributed by atoms with Crippen molar-refractivity contribution < 1.29 is 14.3 Å². The zero-order valence-electron chi connectivity index (χ0n) is 19.4. The van der Waals surface area contributed by atoms with Gasteiger partial charge in [0.25, 0.3) is 0 Å². The second kappa shape index (κ2) is 10.7. The first-order valence-electron chi connectivity index (χ1n) is 11.0. The smallest absolute Gasteiger partial charge is 0.319 e. The third-order valence-corrected chi connectivity index (χ3v) is 6.39. The summed E-state index contributed by atoms with van der Waals surface area (Å²) in [5.74, 6) is 0.481. The highest BCUT2D eigenvalue weighted by atomic mass is 32.1.